The smallest absolute Gasteiger partial charge is 0.255 e. The number of ether oxygens (including phenoxy) is 1. The Kier molecular flexibility index (Phi) is 5.20. The number of nitrogens with zero attached hydrogens (tertiary/aromatic N) is 2. The molecule has 1 aliphatic rings. The van der Waals surface area contributed by atoms with E-state index in [9.17, 15) is 4.79 Å². The Morgan fingerprint density at radius 1 is 1.65 bits per heavy atom. The maximum atomic E-state index is 12.3. The van der Waals surface area contributed by atoms with Crippen LogP contribution in [-0.4, -0.2) is 49.6 Å². The Bertz CT molecular complexity index is 475. The molecule has 0 aromatic carbocycles. The number of aromatic nitrogens is 1. The van der Waals surface area contributed by atoms with Crippen LogP contribution in [0.4, 0.5) is 5.82 Å². The van der Waals surface area contributed by atoms with E-state index >= 15 is 0 Å². The van der Waals surface area contributed by atoms with Crippen LogP contribution in [-0.2, 0) is 4.74 Å². The van der Waals surface area contributed by atoms with E-state index in [0.717, 1.165) is 26.1 Å². The Balaban J connectivity index is 2.00. The third-order valence-electron chi connectivity index (χ3n) is 3.46. The molecule has 0 saturated carbocycles. The third-order valence-corrected chi connectivity index (χ3v) is 3.75. The molecule has 0 bridgehead atoms. The fourth-order valence-corrected chi connectivity index (χ4v) is 2.64. The quantitative estimate of drug-likeness (QED) is 0.926. The van der Waals surface area contributed by atoms with Crippen molar-refractivity contribution in [2.24, 2.45) is 5.92 Å². The Labute approximate surface area is 124 Å². The van der Waals surface area contributed by atoms with Crippen molar-refractivity contribution in [2.75, 3.05) is 39.2 Å². The summed E-state index contributed by atoms with van der Waals surface area (Å²) in [6.45, 7) is 2.26. The lowest BCUT2D eigenvalue weighted by Gasteiger charge is -2.27. The predicted octanol–water partition coefficient (Wildman–Crippen LogP) is 2.28. The van der Waals surface area contributed by atoms with Crippen LogP contribution in [0, 0.1) is 5.92 Å². The third kappa shape index (κ3) is 3.61. The first kappa shape index (κ1) is 15.1. The van der Waals surface area contributed by atoms with Crippen LogP contribution < -0.4 is 5.32 Å². The molecule has 1 saturated heterocycles. The monoisotopic (exact) mass is 297 g/mol. The number of carbonyl (C=O) groups is 1. The minimum atomic E-state index is -0.0624. The van der Waals surface area contributed by atoms with Crippen molar-refractivity contribution >= 4 is 23.3 Å². The summed E-state index contributed by atoms with van der Waals surface area (Å²) >= 11 is 6.05. The molecular weight excluding hydrogens is 278 g/mol. The number of pyridine rings is 1. The summed E-state index contributed by atoms with van der Waals surface area (Å²) in [5, 5.41) is 3.32. The zero-order valence-electron chi connectivity index (χ0n) is 11.9. The van der Waals surface area contributed by atoms with E-state index in [1.54, 1.807) is 31.3 Å². The average Bonchev–Trinajstić information content (AvgIpc) is 2.47. The molecule has 5 nitrogen and oxygen atoms in total. The number of carbonyl (C=O) groups excluding carboxylic acids is 1. The van der Waals surface area contributed by atoms with E-state index in [4.69, 9.17) is 16.3 Å². The van der Waals surface area contributed by atoms with Gasteiger partial charge in [0.25, 0.3) is 5.91 Å². The van der Waals surface area contributed by atoms with Gasteiger partial charge < -0.3 is 15.0 Å². The first-order valence-electron chi connectivity index (χ1n) is 6.78. The summed E-state index contributed by atoms with van der Waals surface area (Å²) in [5.41, 5.74) is 0.508. The number of halogens is 1. The minimum Gasteiger partial charge on any atom is -0.381 e. The van der Waals surface area contributed by atoms with Crippen molar-refractivity contribution in [3.8, 4) is 0 Å². The van der Waals surface area contributed by atoms with Crippen LogP contribution >= 0.6 is 11.6 Å². The van der Waals surface area contributed by atoms with Crippen molar-refractivity contribution in [1.29, 1.82) is 0 Å². The first-order valence-corrected chi connectivity index (χ1v) is 7.16. The van der Waals surface area contributed by atoms with Gasteiger partial charge in [-0.25, -0.2) is 4.98 Å². The lowest BCUT2D eigenvalue weighted by molar-refractivity contribution is 0.0388. The molecule has 1 aromatic heterocycles. The molecule has 1 fully saturated rings. The predicted molar refractivity (Wildman–Crippen MR) is 79.3 cm³/mol. The Hall–Kier alpha value is -1.33. The molecular formula is C14H20ClN3O2. The largest absolute Gasteiger partial charge is 0.381 e. The van der Waals surface area contributed by atoms with Gasteiger partial charge >= 0.3 is 0 Å². The molecule has 2 rings (SSSR count). The zero-order valence-corrected chi connectivity index (χ0v) is 12.6. The van der Waals surface area contributed by atoms with Crippen molar-refractivity contribution < 1.29 is 9.53 Å². The average molecular weight is 298 g/mol. The van der Waals surface area contributed by atoms with Gasteiger partial charge in [-0.2, -0.15) is 0 Å². The molecule has 2 heterocycles. The first-order chi connectivity index (χ1) is 9.61. The molecule has 1 aliphatic heterocycles. The van der Waals surface area contributed by atoms with Gasteiger partial charge in [-0.3, -0.25) is 4.79 Å². The second-order valence-electron chi connectivity index (χ2n) is 5.07. The van der Waals surface area contributed by atoms with Crippen molar-refractivity contribution in [1.82, 2.24) is 9.88 Å². The van der Waals surface area contributed by atoms with Gasteiger partial charge in [0.15, 0.2) is 0 Å². The molecule has 0 aliphatic carbocycles. The Morgan fingerprint density at radius 3 is 3.05 bits per heavy atom. The number of rotatable bonds is 4. The highest BCUT2D eigenvalue weighted by Gasteiger charge is 2.20. The van der Waals surface area contributed by atoms with Crippen molar-refractivity contribution in [3.05, 3.63) is 22.8 Å². The summed E-state index contributed by atoms with van der Waals surface area (Å²) in [6, 6.07) is 1.65. The van der Waals surface area contributed by atoms with E-state index in [2.05, 4.69) is 10.3 Å². The van der Waals surface area contributed by atoms with Gasteiger partial charge in [0, 0.05) is 33.4 Å². The summed E-state index contributed by atoms with van der Waals surface area (Å²) in [4.78, 5) is 18.2. The van der Waals surface area contributed by atoms with Crippen LogP contribution in [0.25, 0.3) is 0 Å². The van der Waals surface area contributed by atoms with Crippen LogP contribution in [0.3, 0.4) is 0 Å². The molecule has 20 heavy (non-hydrogen) atoms. The van der Waals surface area contributed by atoms with Crippen molar-refractivity contribution in [2.45, 2.75) is 12.8 Å². The zero-order chi connectivity index (χ0) is 14.5. The van der Waals surface area contributed by atoms with Crippen LogP contribution in [0.15, 0.2) is 12.3 Å². The van der Waals surface area contributed by atoms with Gasteiger partial charge in [0.1, 0.15) is 5.82 Å². The highest BCUT2D eigenvalue weighted by Crippen LogP contribution is 2.21. The summed E-state index contributed by atoms with van der Waals surface area (Å²) in [6.07, 6.45) is 3.72. The SMILES string of the molecule is CNc1ncc(C(=O)N(C)CC2CCCOC2)cc1Cl. The van der Waals surface area contributed by atoms with Crippen molar-refractivity contribution in [3.63, 3.8) is 0 Å². The molecule has 110 valence electrons. The van der Waals surface area contributed by atoms with Crippen LogP contribution in [0.1, 0.15) is 23.2 Å². The highest BCUT2D eigenvalue weighted by molar-refractivity contribution is 6.33. The lowest BCUT2D eigenvalue weighted by Crippen LogP contribution is -2.35. The van der Waals surface area contributed by atoms with Crippen LogP contribution in [0.5, 0.6) is 0 Å². The molecule has 1 N–H and O–H groups in total. The van der Waals surface area contributed by atoms with E-state index in [1.165, 1.54) is 0 Å². The standard InChI is InChI=1S/C14H20ClN3O2/c1-16-13-12(15)6-11(7-17-13)14(19)18(2)8-10-4-3-5-20-9-10/h6-7,10H,3-5,8-9H2,1-2H3,(H,16,17). The second-order valence-corrected chi connectivity index (χ2v) is 5.48. The van der Waals surface area contributed by atoms with E-state index in [-0.39, 0.29) is 5.91 Å². The molecule has 1 amide bonds. The number of anilines is 1. The molecule has 1 aromatic rings. The van der Waals surface area contributed by atoms with Gasteiger partial charge in [-0.15, -0.1) is 0 Å². The van der Waals surface area contributed by atoms with Gasteiger partial charge in [0.2, 0.25) is 0 Å². The molecule has 0 radical (unpaired) electrons. The number of hydrogen-bond donors (Lipinski definition) is 1. The molecule has 1 unspecified atom stereocenters. The molecule has 0 spiro atoms. The maximum absolute atomic E-state index is 12.3. The highest BCUT2D eigenvalue weighted by atomic mass is 35.5. The fraction of sp³-hybridized carbons (Fsp3) is 0.571. The normalized spacial score (nSPS) is 18.6. The lowest BCUT2D eigenvalue weighted by atomic mass is 10.0. The van der Waals surface area contributed by atoms with Gasteiger partial charge in [-0.05, 0) is 24.8 Å². The summed E-state index contributed by atoms with van der Waals surface area (Å²) in [5.74, 6) is 0.928. The summed E-state index contributed by atoms with van der Waals surface area (Å²) < 4.78 is 5.44. The summed E-state index contributed by atoms with van der Waals surface area (Å²) in [7, 11) is 3.54. The second kappa shape index (κ2) is 6.90. The van der Waals surface area contributed by atoms with E-state index in [0.29, 0.717) is 28.9 Å². The molecule has 1 atom stereocenters. The van der Waals surface area contributed by atoms with Crippen LogP contribution in [0.2, 0.25) is 5.02 Å². The number of nitrogens with one attached hydrogen (secondary N) is 1. The maximum Gasteiger partial charge on any atom is 0.255 e. The molecule has 6 heteroatoms. The topological polar surface area (TPSA) is 54.5 Å². The van der Waals surface area contributed by atoms with Gasteiger partial charge in [0.05, 0.1) is 17.2 Å². The number of hydrogen-bond acceptors (Lipinski definition) is 4. The van der Waals surface area contributed by atoms with E-state index < -0.39 is 0 Å². The minimum absolute atomic E-state index is 0.0624. The van der Waals surface area contributed by atoms with Gasteiger partial charge in [-0.1, -0.05) is 11.6 Å². The Morgan fingerprint density at radius 2 is 2.45 bits per heavy atom. The fourth-order valence-electron chi connectivity index (χ4n) is 2.38. The van der Waals surface area contributed by atoms with E-state index in [1.807, 2.05) is 0 Å². The number of amides is 1.